The highest BCUT2D eigenvalue weighted by molar-refractivity contribution is 7.89. The zero-order chi connectivity index (χ0) is 19.6. The lowest BCUT2D eigenvalue weighted by Crippen LogP contribution is -2.39. The summed E-state index contributed by atoms with van der Waals surface area (Å²) >= 11 is 0. The van der Waals surface area contributed by atoms with Crippen LogP contribution in [-0.4, -0.2) is 47.6 Å². The summed E-state index contributed by atoms with van der Waals surface area (Å²) < 4.78 is 33.6. The van der Waals surface area contributed by atoms with Gasteiger partial charge in [0.05, 0.1) is 17.8 Å². The van der Waals surface area contributed by atoms with Gasteiger partial charge in [-0.25, -0.2) is 8.42 Å². The molecule has 2 aromatic heterocycles. The molecule has 1 fully saturated rings. The summed E-state index contributed by atoms with van der Waals surface area (Å²) in [5.74, 6) is 0.794. The maximum absolute atomic E-state index is 13.2. The summed E-state index contributed by atoms with van der Waals surface area (Å²) in [4.78, 5) is 4.56. The highest BCUT2D eigenvalue weighted by Gasteiger charge is 2.31. The van der Waals surface area contributed by atoms with Gasteiger partial charge in [-0.05, 0) is 43.9 Å². The lowest BCUT2D eigenvalue weighted by atomic mass is 9.99. The first kappa shape index (κ1) is 18.8. The smallest absolute Gasteiger partial charge is 0.245 e. The molecule has 3 aromatic rings. The Bertz CT molecular complexity index is 1060. The number of pyridine rings is 1. The Morgan fingerprint density at radius 3 is 2.61 bits per heavy atom. The molecular weight excluding hydrogens is 376 g/mol. The second-order valence-corrected chi connectivity index (χ2v) is 8.91. The van der Waals surface area contributed by atoms with Crippen molar-refractivity contribution in [2.24, 2.45) is 5.92 Å². The van der Waals surface area contributed by atoms with E-state index in [-0.39, 0.29) is 4.90 Å². The van der Waals surface area contributed by atoms with Crippen molar-refractivity contribution in [3.63, 3.8) is 0 Å². The Hall–Kier alpha value is -2.58. The molecule has 7 nitrogen and oxygen atoms in total. The van der Waals surface area contributed by atoms with Crippen molar-refractivity contribution in [3.8, 4) is 5.88 Å². The zero-order valence-corrected chi connectivity index (χ0v) is 16.5. The van der Waals surface area contributed by atoms with Crippen molar-refractivity contribution >= 4 is 20.9 Å². The van der Waals surface area contributed by atoms with E-state index in [4.69, 9.17) is 4.74 Å². The minimum Gasteiger partial charge on any atom is -0.476 e. The number of hydrogen-bond acceptors (Lipinski definition) is 6. The van der Waals surface area contributed by atoms with Crippen molar-refractivity contribution in [3.05, 3.63) is 54.4 Å². The van der Waals surface area contributed by atoms with Crippen molar-refractivity contribution in [2.45, 2.75) is 24.7 Å². The SMILES string of the molecule is Cc1ccc(OCC2CCN(S(=O)(=O)c3cccc4cccnc34)CC2)nn1. The fourth-order valence-electron chi connectivity index (χ4n) is 3.41. The van der Waals surface area contributed by atoms with Gasteiger partial charge in [-0.15, -0.1) is 5.10 Å². The van der Waals surface area contributed by atoms with Crippen LogP contribution in [0.5, 0.6) is 5.88 Å². The second kappa shape index (κ2) is 7.81. The van der Waals surface area contributed by atoms with Crippen LogP contribution in [0, 0.1) is 12.8 Å². The van der Waals surface area contributed by atoms with Crippen molar-refractivity contribution in [1.82, 2.24) is 19.5 Å². The molecule has 1 saturated heterocycles. The number of sulfonamides is 1. The standard InChI is InChI=1S/C20H22N4O3S/c1-15-7-8-19(23-22-15)27-14-16-9-12-24(13-10-16)28(25,26)18-6-2-4-17-5-3-11-21-20(17)18/h2-8,11,16H,9-10,12-14H2,1H3. The Balaban J connectivity index is 1.42. The van der Waals surface area contributed by atoms with Gasteiger partial charge in [0.25, 0.3) is 0 Å². The monoisotopic (exact) mass is 398 g/mol. The quantitative estimate of drug-likeness (QED) is 0.657. The number of piperidine rings is 1. The molecule has 1 aliphatic heterocycles. The molecule has 0 amide bonds. The molecule has 28 heavy (non-hydrogen) atoms. The van der Waals surface area contributed by atoms with Crippen LogP contribution in [0.25, 0.3) is 10.9 Å². The van der Waals surface area contributed by atoms with Crippen LogP contribution in [0.3, 0.4) is 0 Å². The van der Waals surface area contributed by atoms with E-state index in [0.717, 1.165) is 23.9 Å². The van der Waals surface area contributed by atoms with Gasteiger partial charge in [-0.1, -0.05) is 18.2 Å². The molecule has 0 unspecified atom stereocenters. The van der Waals surface area contributed by atoms with Gasteiger partial charge < -0.3 is 4.74 Å². The Labute approximate surface area is 164 Å². The minimum absolute atomic E-state index is 0.273. The van der Waals surface area contributed by atoms with Crippen LogP contribution in [0.2, 0.25) is 0 Å². The van der Waals surface area contributed by atoms with E-state index < -0.39 is 10.0 Å². The van der Waals surface area contributed by atoms with Crippen LogP contribution in [0.4, 0.5) is 0 Å². The van der Waals surface area contributed by atoms with Crippen LogP contribution in [-0.2, 0) is 10.0 Å². The number of ether oxygens (including phenoxy) is 1. The summed E-state index contributed by atoms with van der Waals surface area (Å²) in [5, 5.41) is 8.80. The predicted molar refractivity (Wildman–Crippen MR) is 105 cm³/mol. The van der Waals surface area contributed by atoms with E-state index in [9.17, 15) is 8.42 Å². The van der Waals surface area contributed by atoms with Crippen LogP contribution < -0.4 is 4.74 Å². The third-order valence-corrected chi connectivity index (χ3v) is 6.96. The van der Waals surface area contributed by atoms with E-state index in [2.05, 4.69) is 15.2 Å². The van der Waals surface area contributed by atoms with Gasteiger partial charge in [-0.3, -0.25) is 4.98 Å². The van der Waals surface area contributed by atoms with Crippen LogP contribution in [0.15, 0.2) is 53.6 Å². The third kappa shape index (κ3) is 3.83. The number of benzene rings is 1. The first-order chi connectivity index (χ1) is 13.5. The highest BCUT2D eigenvalue weighted by atomic mass is 32.2. The number of fused-ring (bicyclic) bond motifs is 1. The van der Waals surface area contributed by atoms with E-state index in [1.165, 1.54) is 0 Å². The normalized spacial score (nSPS) is 16.3. The molecule has 0 radical (unpaired) electrons. The highest BCUT2D eigenvalue weighted by Crippen LogP contribution is 2.28. The van der Waals surface area contributed by atoms with Gasteiger partial charge in [-0.2, -0.15) is 9.40 Å². The molecule has 146 valence electrons. The molecule has 0 spiro atoms. The molecule has 1 aliphatic rings. The number of para-hydroxylation sites is 1. The van der Waals surface area contributed by atoms with E-state index in [0.29, 0.717) is 37.0 Å². The van der Waals surface area contributed by atoms with Gasteiger partial charge >= 0.3 is 0 Å². The van der Waals surface area contributed by atoms with E-state index in [1.807, 2.05) is 31.2 Å². The topological polar surface area (TPSA) is 85.3 Å². The van der Waals surface area contributed by atoms with Crippen LogP contribution >= 0.6 is 0 Å². The first-order valence-corrected chi connectivity index (χ1v) is 10.7. The Morgan fingerprint density at radius 2 is 1.86 bits per heavy atom. The number of rotatable bonds is 5. The molecule has 0 saturated carbocycles. The first-order valence-electron chi connectivity index (χ1n) is 9.31. The van der Waals surface area contributed by atoms with E-state index in [1.54, 1.807) is 28.7 Å². The van der Waals surface area contributed by atoms with Gasteiger partial charge in [0.15, 0.2) is 0 Å². The minimum atomic E-state index is -3.58. The average molecular weight is 398 g/mol. The predicted octanol–water partition coefficient (Wildman–Crippen LogP) is 2.81. The molecule has 0 bridgehead atoms. The lowest BCUT2D eigenvalue weighted by molar-refractivity contribution is 0.180. The average Bonchev–Trinajstić information content (AvgIpc) is 2.73. The zero-order valence-electron chi connectivity index (χ0n) is 15.7. The molecular formula is C20H22N4O3S. The van der Waals surface area contributed by atoms with Gasteiger partial charge in [0.1, 0.15) is 4.90 Å². The molecule has 0 aliphatic carbocycles. The molecule has 1 aromatic carbocycles. The van der Waals surface area contributed by atoms with Crippen LogP contribution in [0.1, 0.15) is 18.5 Å². The number of hydrogen-bond donors (Lipinski definition) is 0. The van der Waals surface area contributed by atoms with Crippen molar-refractivity contribution in [1.29, 1.82) is 0 Å². The summed E-state index contributed by atoms with van der Waals surface area (Å²) in [5.41, 5.74) is 1.36. The summed E-state index contributed by atoms with van der Waals surface area (Å²) in [6.07, 6.45) is 3.12. The Morgan fingerprint density at radius 1 is 1.07 bits per heavy atom. The lowest BCUT2D eigenvalue weighted by Gasteiger charge is -2.31. The number of aryl methyl sites for hydroxylation is 1. The molecule has 0 N–H and O–H groups in total. The summed E-state index contributed by atoms with van der Waals surface area (Å²) in [6.45, 7) is 3.33. The van der Waals surface area contributed by atoms with Crippen molar-refractivity contribution < 1.29 is 13.2 Å². The third-order valence-electron chi connectivity index (χ3n) is 5.03. The van der Waals surface area contributed by atoms with Gasteiger partial charge in [0, 0.05) is 30.7 Å². The molecule has 3 heterocycles. The van der Waals surface area contributed by atoms with E-state index >= 15 is 0 Å². The fraction of sp³-hybridized carbons (Fsp3) is 0.350. The fourth-order valence-corrected chi connectivity index (χ4v) is 5.04. The molecule has 0 atom stereocenters. The largest absolute Gasteiger partial charge is 0.476 e. The number of nitrogens with zero attached hydrogens (tertiary/aromatic N) is 4. The summed E-state index contributed by atoms with van der Waals surface area (Å²) in [6, 6.07) is 12.6. The molecule has 4 rings (SSSR count). The van der Waals surface area contributed by atoms with Gasteiger partial charge in [0.2, 0.25) is 15.9 Å². The van der Waals surface area contributed by atoms with Crippen molar-refractivity contribution in [2.75, 3.05) is 19.7 Å². The second-order valence-electron chi connectivity index (χ2n) is 7.00. The molecule has 8 heteroatoms. The summed E-state index contributed by atoms with van der Waals surface area (Å²) in [7, 11) is -3.58. The number of aromatic nitrogens is 3. The maximum atomic E-state index is 13.2. The Kier molecular flexibility index (Phi) is 5.23. The maximum Gasteiger partial charge on any atom is 0.245 e.